The van der Waals surface area contributed by atoms with E-state index in [9.17, 15) is 5.11 Å². The smallest absolute Gasteiger partial charge is 0.201 e. The highest BCUT2D eigenvalue weighted by Crippen LogP contribution is 2.82. The van der Waals surface area contributed by atoms with E-state index in [2.05, 4.69) is 43.3 Å². The molecule has 3 saturated carbocycles. The van der Waals surface area contributed by atoms with E-state index >= 15 is 0 Å². The lowest BCUT2D eigenvalue weighted by Gasteiger charge is -2.52. The average Bonchev–Trinajstić information content (AvgIpc) is 3.30. The molecule has 2 saturated heterocycles. The number of hydrogen-bond donors (Lipinski definition) is 1. The molecule has 2 aliphatic heterocycles. The number of ether oxygens (including phenoxy) is 4. The van der Waals surface area contributed by atoms with Gasteiger partial charge in [0, 0.05) is 22.7 Å². The number of hydrogen-bond acceptors (Lipinski definition) is 5. The second-order valence-corrected chi connectivity index (χ2v) is 10.4. The summed E-state index contributed by atoms with van der Waals surface area (Å²) in [5.41, 5.74) is 0.980. The van der Waals surface area contributed by atoms with Crippen molar-refractivity contribution in [2.45, 2.75) is 62.1 Å². The fourth-order valence-electron chi connectivity index (χ4n) is 8.82. The zero-order valence-electron chi connectivity index (χ0n) is 17.7. The van der Waals surface area contributed by atoms with Crippen molar-refractivity contribution in [3.63, 3.8) is 0 Å². The Balaban J connectivity index is 1.49. The molecule has 1 aromatic carbocycles. The molecule has 8 atom stereocenters. The Bertz CT molecular complexity index is 920. The third-order valence-corrected chi connectivity index (χ3v) is 9.91. The Morgan fingerprint density at radius 3 is 2.50 bits per heavy atom. The van der Waals surface area contributed by atoms with Gasteiger partial charge in [0.1, 0.15) is 18.0 Å². The Kier molecular flexibility index (Phi) is 3.33. The summed E-state index contributed by atoms with van der Waals surface area (Å²) in [5, 5.41) is 11.6. The minimum absolute atomic E-state index is 0.0147. The normalized spacial score (nSPS) is 51.5. The van der Waals surface area contributed by atoms with E-state index in [1.54, 1.807) is 7.11 Å². The van der Waals surface area contributed by atoms with E-state index in [0.717, 1.165) is 18.6 Å². The molecule has 1 aromatic rings. The Morgan fingerprint density at radius 1 is 1.03 bits per heavy atom. The molecule has 5 nitrogen and oxygen atoms in total. The lowest BCUT2D eigenvalue weighted by atomic mass is 9.52. The highest BCUT2D eigenvalue weighted by atomic mass is 16.8. The van der Waals surface area contributed by atoms with Gasteiger partial charge in [-0.2, -0.15) is 0 Å². The van der Waals surface area contributed by atoms with E-state index in [1.807, 2.05) is 0 Å². The molecule has 4 aliphatic carbocycles. The third kappa shape index (κ3) is 1.69. The number of aliphatic hydroxyl groups is 1. The van der Waals surface area contributed by atoms with Gasteiger partial charge in [-0.1, -0.05) is 44.1 Å². The van der Waals surface area contributed by atoms with Crippen LogP contribution in [0.5, 0.6) is 5.75 Å². The number of methoxy groups -OCH3 is 1. The minimum atomic E-state index is -0.716. The van der Waals surface area contributed by atoms with E-state index in [1.165, 1.54) is 18.4 Å². The van der Waals surface area contributed by atoms with E-state index in [4.69, 9.17) is 18.9 Å². The predicted molar refractivity (Wildman–Crippen MR) is 109 cm³/mol. The zero-order valence-corrected chi connectivity index (χ0v) is 17.7. The molecule has 7 rings (SSSR count). The molecule has 2 heterocycles. The van der Waals surface area contributed by atoms with Crippen molar-refractivity contribution in [3.05, 3.63) is 42.0 Å². The molecule has 6 aliphatic rings. The second-order valence-electron chi connectivity index (χ2n) is 10.4. The monoisotopic (exact) mass is 410 g/mol. The number of epoxide rings is 1. The molecular weight excluding hydrogens is 380 g/mol. The van der Waals surface area contributed by atoms with Crippen LogP contribution < -0.4 is 4.74 Å². The van der Waals surface area contributed by atoms with Gasteiger partial charge < -0.3 is 24.1 Å². The molecule has 0 unspecified atom stereocenters. The number of allylic oxidation sites excluding steroid dienone is 2. The largest absolute Gasteiger partial charge is 0.497 e. The molecule has 2 bridgehead atoms. The lowest BCUT2D eigenvalue weighted by Crippen LogP contribution is -2.61. The van der Waals surface area contributed by atoms with E-state index in [-0.39, 0.29) is 40.3 Å². The Morgan fingerprint density at radius 2 is 1.77 bits per heavy atom. The fraction of sp³-hybridized carbons (Fsp3) is 0.680. The van der Waals surface area contributed by atoms with E-state index < -0.39 is 11.9 Å². The van der Waals surface area contributed by atoms with Crippen LogP contribution in [0.3, 0.4) is 0 Å². The molecule has 5 fully saturated rings. The summed E-state index contributed by atoms with van der Waals surface area (Å²) in [6.45, 7) is 3.69. The SMILES string of the molecule is COc1ccc([C@]23C=C[C@@]4(CCCC[C@]24C)[C@@H]2[C@H]3[C@H](O)[C@H]3O[C@H]3C23OCCO3)cc1. The first-order chi connectivity index (χ1) is 14.5. The van der Waals surface area contributed by atoms with Crippen molar-refractivity contribution >= 4 is 0 Å². The highest BCUT2D eigenvalue weighted by molar-refractivity contribution is 5.52. The molecule has 0 radical (unpaired) electrons. The molecular formula is C25H30O5. The quantitative estimate of drug-likeness (QED) is 0.599. The van der Waals surface area contributed by atoms with Crippen LogP contribution in [-0.2, 0) is 19.6 Å². The van der Waals surface area contributed by atoms with Crippen LogP contribution in [-0.4, -0.2) is 49.5 Å². The van der Waals surface area contributed by atoms with Crippen LogP contribution in [0.15, 0.2) is 36.4 Å². The topological polar surface area (TPSA) is 60.5 Å². The highest BCUT2D eigenvalue weighted by Gasteiger charge is 2.86. The van der Waals surface area contributed by atoms with Crippen LogP contribution in [0.25, 0.3) is 0 Å². The average molecular weight is 411 g/mol. The van der Waals surface area contributed by atoms with Crippen LogP contribution in [0.2, 0.25) is 0 Å². The summed E-state index contributed by atoms with van der Waals surface area (Å²) in [7, 11) is 1.70. The Hall–Kier alpha value is -1.40. The number of aliphatic hydroxyl groups excluding tert-OH is 1. The maximum Gasteiger partial charge on any atom is 0.201 e. The first-order valence-corrected chi connectivity index (χ1v) is 11.5. The number of rotatable bonds is 2. The van der Waals surface area contributed by atoms with Gasteiger partial charge >= 0.3 is 0 Å². The van der Waals surface area contributed by atoms with Crippen LogP contribution >= 0.6 is 0 Å². The molecule has 1 spiro atoms. The van der Waals surface area contributed by atoms with Crippen LogP contribution in [0, 0.1) is 22.7 Å². The maximum absolute atomic E-state index is 11.6. The minimum Gasteiger partial charge on any atom is -0.497 e. The van der Waals surface area contributed by atoms with Crippen molar-refractivity contribution in [1.29, 1.82) is 0 Å². The summed E-state index contributed by atoms with van der Waals surface area (Å²) in [6.07, 6.45) is 8.80. The van der Waals surface area contributed by atoms with Crippen molar-refractivity contribution in [2.24, 2.45) is 22.7 Å². The third-order valence-electron chi connectivity index (χ3n) is 9.91. The van der Waals surface area contributed by atoms with Crippen molar-refractivity contribution in [1.82, 2.24) is 0 Å². The zero-order chi connectivity index (χ0) is 20.4. The van der Waals surface area contributed by atoms with Gasteiger partial charge in [0.05, 0.1) is 26.4 Å². The number of fused-ring (bicyclic) bond motifs is 5. The summed E-state index contributed by atoms with van der Waals surface area (Å²) >= 11 is 0. The summed E-state index contributed by atoms with van der Waals surface area (Å²) in [5.74, 6) is 0.261. The summed E-state index contributed by atoms with van der Waals surface area (Å²) < 4.78 is 24.4. The van der Waals surface area contributed by atoms with Gasteiger partial charge in [0.15, 0.2) is 0 Å². The second kappa shape index (κ2) is 5.50. The fourth-order valence-corrected chi connectivity index (χ4v) is 8.82. The van der Waals surface area contributed by atoms with Gasteiger partial charge in [-0.15, -0.1) is 0 Å². The van der Waals surface area contributed by atoms with Gasteiger partial charge in [0.2, 0.25) is 5.79 Å². The first-order valence-electron chi connectivity index (χ1n) is 11.5. The van der Waals surface area contributed by atoms with Gasteiger partial charge in [-0.05, 0) is 36.0 Å². The maximum atomic E-state index is 11.6. The van der Waals surface area contributed by atoms with Crippen LogP contribution in [0.4, 0.5) is 0 Å². The van der Waals surface area contributed by atoms with Crippen molar-refractivity contribution in [2.75, 3.05) is 20.3 Å². The molecule has 1 N–H and O–H groups in total. The summed E-state index contributed by atoms with van der Waals surface area (Å²) in [6, 6.07) is 8.52. The Labute approximate surface area is 177 Å². The van der Waals surface area contributed by atoms with Crippen molar-refractivity contribution in [3.8, 4) is 5.75 Å². The number of benzene rings is 1. The molecule has 160 valence electrons. The molecule has 0 amide bonds. The van der Waals surface area contributed by atoms with E-state index in [0.29, 0.717) is 13.2 Å². The molecule has 0 aromatic heterocycles. The standard InChI is InChI=1S/C25H30O5/c1-22-9-3-4-10-23(22)11-12-24(22,15-5-7-16(27-2)8-6-15)17-18(26)19-21(30-19)25(20(17)23)28-13-14-29-25/h5-8,11-12,17-21,26H,3-4,9-10,13-14H2,1-2H3/t17-,18+,19-,20+,21-,22+,23+,24+/m1/s1. The van der Waals surface area contributed by atoms with Crippen LogP contribution in [0.1, 0.15) is 38.2 Å². The van der Waals surface area contributed by atoms with Gasteiger partial charge in [-0.3, -0.25) is 0 Å². The van der Waals surface area contributed by atoms with Gasteiger partial charge in [-0.25, -0.2) is 0 Å². The molecule has 30 heavy (non-hydrogen) atoms. The summed E-state index contributed by atoms with van der Waals surface area (Å²) in [4.78, 5) is 0. The van der Waals surface area contributed by atoms with Crippen molar-refractivity contribution < 1.29 is 24.1 Å². The molecule has 5 heteroatoms. The predicted octanol–water partition coefficient (Wildman–Crippen LogP) is 3.20. The van der Waals surface area contributed by atoms with Gasteiger partial charge in [0.25, 0.3) is 0 Å². The first kappa shape index (κ1) is 18.2. The lowest BCUT2D eigenvalue weighted by molar-refractivity contribution is -0.254.